The molecule has 0 fully saturated rings. The van der Waals surface area contributed by atoms with Gasteiger partial charge in [0, 0.05) is 11.6 Å². The van der Waals surface area contributed by atoms with E-state index in [0.29, 0.717) is 12.4 Å². The Morgan fingerprint density at radius 2 is 2.23 bits per heavy atom. The van der Waals surface area contributed by atoms with Crippen molar-refractivity contribution in [1.82, 2.24) is 25.3 Å². The fourth-order valence-electron chi connectivity index (χ4n) is 2.10. The zero-order chi connectivity index (χ0) is 15.7. The van der Waals surface area contributed by atoms with E-state index in [0.717, 1.165) is 22.1 Å². The quantitative estimate of drug-likeness (QED) is 0.693. The number of rotatable bonds is 3. The van der Waals surface area contributed by atoms with Gasteiger partial charge < -0.3 is 20.0 Å². The van der Waals surface area contributed by atoms with Crippen molar-refractivity contribution in [2.24, 2.45) is 5.41 Å². The zero-order valence-corrected chi connectivity index (χ0v) is 12.9. The second-order valence-corrected chi connectivity index (χ2v) is 6.43. The third-order valence-electron chi connectivity index (χ3n) is 3.12. The average Bonchev–Trinajstić information content (AvgIpc) is 3.06. The molecule has 3 heterocycles. The SMILES string of the molecule is CC(C)(C)COC(=O)NCc1nc2c(cnc3[nH]ccc32)[nH]1. The van der Waals surface area contributed by atoms with Gasteiger partial charge in [0.05, 0.1) is 24.9 Å². The van der Waals surface area contributed by atoms with Gasteiger partial charge in [0.15, 0.2) is 0 Å². The van der Waals surface area contributed by atoms with Gasteiger partial charge in [-0.05, 0) is 11.5 Å². The molecule has 1 amide bonds. The molecule has 116 valence electrons. The number of carbonyl (C=O) groups excluding carboxylic acids is 1. The molecule has 3 aromatic rings. The lowest BCUT2D eigenvalue weighted by Crippen LogP contribution is -2.28. The van der Waals surface area contributed by atoms with Crippen molar-refractivity contribution >= 4 is 28.2 Å². The first kappa shape index (κ1) is 14.4. The zero-order valence-electron chi connectivity index (χ0n) is 12.9. The Kier molecular flexibility index (Phi) is 3.48. The summed E-state index contributed by atoms with van der Waals surface area (Å²) in [4.78, 5) is 26.7. The predicted molar refractivity (Wildman–Crippen MR) is 83.4 cm³/mol. The monoisotopic (exact) mass is 301 g/mol. The van der Waals surface area contributed by atoms with E-state index in [9.17, 15) is 4.79 Å². The van der Waals surface area contributed by atoms with Gasteiger partial charge in [-0.1, -0.05) is 20.8 Å². The lowest BCUT2D eigenvalue weighted by atomic mass is 9.99. The van der Waals surface area contributed by atoms with Crippen molar-refractivity contribution in [1.29, 1.82) is 0 Å². The summed E-state index contributed by atoms with van der Waals surface area (Å²) in [6.45, 7) is 6.67. The lowest BCUT2D eigenvalue weighted by Gasteiger charge is -2.17. The molecular weight excluding hydrogens is 282 g/mol. The minimum absolute atomic E-state index is 0.0533. The largest absolute Gasteiger partial charge is 0.449 e. The fourth-order valence-corrected chi connectivity index (χ4v) is 2.10. The number of amides is 1. The van der Waals surface area contributed by atoms with Crippen molar-refractivity contribution in [3.05, 3.63) is 24.3 Å². The maximum absolute atomic E-state index is 11.7. The van der Waals surface area contributed by atoms with Gasteiger partial charge in [-0.2, -0.15) is 0 Å². The number of ether oxygens (including phenoxy) is 1. The smallest absolute Gasteiger partial charge is 0.407 e. The van der Waals surface area contributed by atoms with Gasteiger partial charge in [0.2, 0.25) is 0 Å². The van der Waals surface area contributed by atoms with Crippen LogP contribution >= 0.6 is 0 Å². The van der Waals surface area contributed by atoms with Crippen molar-refractivity contribution in [3.63, 3.8) is 0 Å². The maximum atomic E-state index is 11.7. The highest BCUT2D eigenvalue weighted by molar-refractivity contribution is 6.00. The molecule has 0 aliphatic heterocycles. The van der Waals surface area contributed by atoms with Crippen LogP contribution in [0, 0.1) is 5.41 Å². The van der Waals surface area contributed by atoms with Gasteiger partial charge in [0.25, 0.3) is 0 Å². The third kappa shape index (κ3) is 3.03. The number of imidazole rings is 1. The molecule has 7 heteroatoms. The van der Waals surface area contributed by atoms with E-state index >= 15 is 0 Å². The molecule has 3 aromatic heterocycles. The molecule has 0 aliphatic carbocycles. The molecule has 0 saturated heterocycles. The number of nitrogens with zero attached hydrogens (tertiary/aromatic N) is 2. The Hall–Kier alpha value is -2.57. The molecule has 0 radical (unpaired) electrons. The van der Waals surface area contributed by atoms with Crippen molar-refractivity contribution in [2.45, 2.75) is 27.3 Å². The van der Waals surface area contributed by atoms with E-state index in [1.165, 1.54) is 0 Å². The first-order valence-electron chi connectivity index (χ1n) is 7.14. The molecule has 7 nitrogen and oxygen atoms in total. The molecule has 0 aromatic carbocycles. The first-order chi connectivity index (χ1) is 10.4. The first-order valence-corrected chi connectivity index (χ1v) is 7.14. The summed E-state index contributed by atoms with van der Waals surface area (Å²) in [5.41, 5.74) is 2.42. The summed E-state index contributed by atoms with van der Waals surface area (Å²) in [5, 5.41) is 3.65. The fraction of sp³-hybridized carbons (Fsp3) is 0.400. The summed E-state index contributed by atoms with van der Waals surface area (Å²) in [6, 6.07) is 1.93. The molecule has 0 aliphatic rings. The number of pyridine rings is 1. The highest BCUT2D eigenvalue weighted by Gasteiger charge is 2.14. The normalized spacial score (nSPS) is 12.0. The highest BCUT2D eigenvalue weighted by atomic mass is 16.5. The average molecular weight is 301 g/mol. The van der Waals surface area contributed by atoms with Gasteiger partial charge in [-0.25, -0.2) is 14.8 Å². The van der Waals surface area contributed by atoms with Crippen LogP contribution < -0.4 is 5.32 Å². The summed E-state index contributed by atoms with van der Waals surface area (Å²) >= 11 is 0. The second kappa shape index (κ2) is 5.32. The molecule has 3 N–H and O–H groups in total. The number of carbonyl (C=O) groups is 1. The van der Waals surface area contributed by atoms with Crippen LogP contribution in [0.15, 0.2) is 18.5 Å². The molecule has 0 unspecified atom stereocenters. The summed E-state index contributed by atoms with van der Waals surface area (Å²) in [6.07, 6.45) is 3.11. The topological polar surface area (TPSA) is 95.7 Å². The Morgan fingerprint density at radius 1 is 1.41 bits per heavy atom. The predicted octanol–water partition coefficient (Wildman–Crippen LogP) is 2.71. The van der Waals surface area contributed by atoms with Gasteiger partial charge in [0.1, 0.15) is 17.0 Å². The number of hydrogen-bond donors (Lipinski definition) is 3. The highest BCUT2D eigenvalue weighted by Crippen LogP contribution is 2.20. The molecule has 22 heavy (non-hydrogen) atoms. The third-order valence-corrected chi connectivity index (χ3v) is 3.12. The Morgan fingerprint density at radius 3 is 3.00 bits per heavy atom. The Bertz CT molecular complexity index is 812. The van der Waals surface area contributed by atoms with E-state index in [-0.39, 0.29) is 12.0 Å². The number of hydrogen-bond acceptors (Lipinski definition) is 4. The van der Waals surface area contributed by atoms with Crippen LogP contribution in [0.2, 0.25) is 0 Å². The van der Waals surface area contributed by atoms with E-state index in [4.69, 9.17) is 4.74 Å². The molecule has 0 spiro atoms. The maximum Gasteiger partial charge on any atom is 0.407 e. The summed E-state index contributed by atoms with van der Waals surface area (Å²) < 4.78 is 5.15. The summed E-state index contributed by atoms with van der Waals surface area (Å²) in [5.74, 6) is 0.665. The van der Waals surface area contributed by atoms with Gasteiger partial charge >= 0.3 is 6.09 Å². The number of alkyl carbamates (subject to hydrolysis) is 1. The number of H-pyrrole nitrogens is 2. The minimum Gasteiger partial charge on any atom is -0.449 e. The molecule has 0 saturated carbocycles. The van der Waals surface area contributed by atoms with Crippen LogP contribution in [0.1, 0.15) is 26.6 Å². The van der Waals surface area contributed by atoms with E-state index < -0.39 is 6.09 Å². The second-order valence-electron chi connectivity index (χ2n) is 6.43. The van der Waals surface area contributed by atoms with Crippen LogP contribution in [-0.2, 0) is 11.3 Å². The van der Waals surface area contributed by atoms with Gasteiger partial charge in [-0.3, -0.25) is 0 Å². The number of aromatic amines is 2. The van der Waals surface area contributed by atoms with Crippen LogP contribution in [0.25, 0.3) is 22.1 Å². The van der Waals surface area contributed by atoms with Crippen LogP contribution in [0.5, 0.6) is 0 Å². The molecule has 0 atom stereocenters. The van der Waals surface area contributed by atoms with E-state index in [1.807, 2.05) is 33.0 Å². The van der Waals surface area contributed by atoms with E-state index in [2.05, 4.69) is 25.3 Å². The molecule has 3 rings (SSSR count). The van der Waals surface area contributed by atoms with Crippen molar-refractivity contribution in [3.8, 4) is 0 Å². The molecular formula is C15H19N5O2. The van der Waals surface area contributed by atoms with Crippen LogP contribution in [-0.4, -0.2) is 32.6 Å². The van der Waals surface area contributed by atoms with Crippen molar-refractivity contribution in [2.75, 3.05) is 6.61 Å². The molecule has 0 bridgehead atoms. The Labute approximate surface area is 127 Å². The van der Waals surface area contributed by atoms with Crippen LogP contribution in [0.4, 0.5) is 4.79 Å². The van der Waals surface area contributed by atoms with Crippen molar-refractivity contribution < 1.29 is 9.53 Å². The Balaban J connectivity index is 1.68. The number of nitrogens with one attached hydrogen (secondary N) is 3. The lowest BCUT2D eigenvalue weighted by molar-refractivity contribution is 0.106. The number of aromatic nitrogens is 4. The van der Waals surface area contributed by atoms with Crippen LogP contribution in [0.3, 0.4) is 0 Å². The summed E-state index contributed by atoms with van der Waals surface area (Å²) in [7, 11) is 0. The van der Waals surface area contributed by atoms with E-state index in [1.54, 1.807) is 6.20 Å². The minimum atomic E-state index is -0.444. The number of fused-ring (bicyclic) bond motifs is 3. The van der Waals surface area contributed by atoms with Gasteiger partial charge in [-0.15, -0.1) is 0 Å². The standard InChI is InChI=1S/C15H19N5O2/c1-15(2,3)8-22-14(21)18-7-11-19-10-6-17-13-9(4-5-16-13)12(10)20-11/h4-6H,7-8H2,1-3H3,(H,16,17)(H,18,21)(H,19,20).